The van der Waals surface area contributed by atoms with Gasteiger partial charge in [0.2, 0.25) is 5.91 Å². The van der Waals surface area contributed by atoms with Crippen LogP contribution in [0.5, 0.6) is 0 Å². The minimum absolute atomic E-state index is 0.0120. The number of aliphatic hydroxyl groups excluding tert-OH is 1. The number of carbonyl (C=O) groups is 3. The minimum Gasteiger partial charge on any atom is -0.459 e. The number of aliphatic hydroxyl groups is 1. The molecule has 1 saturated heterocycles. The number of amides is 1. The maximum atomic E-state index is 12.3. The summed E-state index contributed by atoms with van der Waals surface area (Å²) in [5.74, 6) is 4.81. The van der Waals surface area contributed by atoms with Crippen LogP contribution < -0.4 is 16.6 Å². The first-order chi connectivity index (χ1) is 16.1. The Balaban J connectivity index is 2.07. The van der Waals surface area contributed by atoms with Crippen molar-refractivity contribution >= 4 is 17.7 Å². The summed E-state index contributed by atoms with van der Waals surface area (Å²) in [5, 5.41) is 12.2. The van der Waals surface area contributed by atoms with E-state index in [-0.39, 0.29) is 43.1 Å². The topological polar surface area (TPSA) is 157 Å². The Morgan fingerprint density at radius 1 is 1.29 bits per heavy atom. The molecule has 2 heterocycles. The Morgan fingerprint density at radius 3 is 2.68 bits per heavy atom. The summed E-state index contributed by atoms with van der Waals surface area (Å²) < 4.78 is 12.1. The van der Waals surface area contributed by atoms with E-state index in [1.54, 1.807) is 0 Å². The lowest BCUT2D eigenvalue weighted by Crippen LogP contribution is -2.33. The summed E-state index contributed by atoms with van der Waals surface area (Å²) >= 11 is 0. The average molecular weight is 478 g/mol. The van der Waals surface area contributed by atoms with E-state index in [1.165, 1.54) is 13.1 Å². The summed E-state index contributed by atoms with van der Waals surface area (Å²) in [6.07, 6.45) is -0.243. The molecule has 0 aromatic carbocycles. The molecule has 1 amide bonds. The van der Waals surface area contributed by atoms with Gasteiger partial charge < -0.3 is 24.7 Å². The number of hydrogen-bond donors (Lipinski definition) is 3. The van der Waals surface area contributed by atoms with Crippen LogP contribution in [0.2, 0.25) is 0 Å². The van der Waals surface area contributed by atoms with Crippen LogP contribution in [0.25, 0.3) is 0 Å². The fraction of sp³-hybridized carbons (Fsp3) is 0.609. The molecule has 3 N–H and O–H groups in total. The van der Waals surface area contributed by atoms with Crippen LogP contribution in [-0.4, -0.2) is 57.7 Å². The van der Waals surface area contributed by atoms with Crippen molar-refractivity contribution in [1.29, 1.82) is 0 Å². The van der Waals surface area contributed by atoms with E-state index < -0.39 is 42.3 Å². The number of H-pyrrole nitrogens is 1. The molecule has 1 aromatic rings. The highest BCUT2D eigenvalue weighted by Gasteiger charge is 2.39. The summed E-state index contributed by atoms with van der Waals surface area (Å²) in [5.41, 5.74) is -1.45. The van der Waals surface area contributed by atoms with Crippen LogP contribution in [0.1, 0.15) is 64.7 Å². The van der Waals surface area contributed by atoms with Crippen molar-refractivity contribution in [3.05, 3.63) is 32.6 Å². The number of aromatic amines is 1. The molecule has 0 bridgehead atoms. The normalized spacial score (nSPS) is 19.4. The molecule has 0 saturated carbocycles. The fourth-order valence-corrected chi connectivity index (χ4v) is 3.24. The number of Topliss-reactive ketones (excluding diaryl/α,β-unsaturated/α-hetero) is 1. The van der Waals surface area contributed by atoms with Gasteiger partial charge in [-0.2, -0.15) is 0 Å². The van der Waals surface area contributed by atoms with Gasteiger partial charge in [0.05, 0.1) is 19.6 Å². The summed E-state index contributed by atoms with van der Waals surface area (Å²) in [4.78, 5) is 61.4. The van der Waals surface area contributed by atoms with Crippen LogP contribution in [0.4, 0.5) is 0 Å². The molecule has 0 radical (unpaired) electrons. The van der Waals surface area contributed by atoms with E-state index in [2.05, 4.69) is 22.1 Å². The lowest BCUT2D eigenvalue weighted by molar-refractivity contribution is -0.153. The number of esters is 1. The molecule has 186 valence electrons. The fourth-order valence-electron chi connectivity index (χ4n) is 3.24. The molecule has 11 nitrogen and oxygen atoms in total. The van der Waals surface area contributed by atoms with E-state index in [1.807, 2.05) is 13.8 Å². The van der Waals surface area contributed by atoms with Gasteiger partial charge in [-0.15, -0.1) is 0 Å². The van der Waals surface area contributed by atoms with Gasteiger partial charge in [-0.1, -0.05) is 25.7 Å². The average Bonchev–Trinajstić information content (AvgIpc) is 3.17. The van der Waals surface area contributed by atoms with Crippen LogP contribution in [0.3, 0.4) is 0 Å². The molecule has 1 fully saturated rings. The van der Waals surface area contributed by atoms with Gasteiger partial charge in [-0.3, -0.25) is 23.9 Å². The second-order valence-electron chi connectivity index (χ2n) is 8.50. The first kappa shape index (κ1) is 27.0. The third kappa shape index (κ3) is 8.28. The number of hydrogen-bond acceptors (Lipinski definition) is 8. The van der Waals surface area contributed by atoms with Gasteiger partial charge in [-0.05, 0) is 19.3 Å². The molecule has 1 aliphatic rings. The summed E-state index contributed by atoms with van der Waals surface area (Å²) in [7, 11) is 0. The Hall–Kier alpha value is -3.23. The van der Waals surface area contributed by atoms with Gasteiger partial charge in [0.15, 0.2) is 0 Å². The third-order valence-corrected chi connectivity index (χ3v) is 5.15. The van der Waals surface area contributed by atoms with E-state index in [9.17, 15) is 29.1 Å². The van der Waals surface area contributed by atoms with E-state index in [4.69, 9.17) is 9.47 Å². The van der Waals surface area contributed by atoms with Crippen molar-refractivity contribution in [1.82, 2.24) is 14.9 Å². The highest BCUT2D eigenvalue weighted by atomic mass is 16.6. The second kappa shape index (κ2) is 12.9. The minimum atomic E-state index is -0.914. The lowest BCUT2D eigenvalue weighted by atomic mass is 10.1. The van der Waals surface area contributed by atoms with Crippen LogP contribution in [0.15, 0.2) is 15.8 Å². The molecule has 0 aliphatic carbocycles. The highest BCUT2D eigenvalue weighted by molar-refractivity contribution is 5.81. The maximum Gasteiger partial charge on any atom is 0.330 e. The molecule has 1 unspecified atom stereocenters. The van der Waals surface area contributed by atoms with Crippen molar-refractivity contribution < 1.29 is 29.0 Å². The Morgan fingerprint density at radius 2 is 2.03 bits per heavy atom. The number of ketones is 1. The first-order valence-corrected chi connectivity index (χ1v) is 11.2. The number of rotatable bonds is 10. The predicted molar refractivity (Wildman–Crippen MR) is 121 cm³/mol. The van der Waals surface area contributed by atoms with Gasteiger partial charge in [0, 0.05) is 25.5 Å². The zero-order valence-corrected chi connectivity index (χ0v) is 19.6. The van der Waals surface area contributed by atoms with Crippen LogP contribution in [-0.2, 0) is 23.9 Å². The molecule has 1 aliphatic heterocycles. The Kier molecular flexibility index (Phi) is 10.2. The zero-order chi connectivity index (χ0) is 25.3. The number of aromatic nitrogens is 2. The number of nitrogens with zero attached hydrogens (tertiary/aromatic N) is 1. The van der Waals surface area contributed by atoms with E-state index in [0.717, 1.165) is 11.0 Å². The number of carbonyl (C=O) groups excluding carboxylic acids is 3. The van der Waals surface area contributed by atoms with Crippen LogP contribution >= 0.6 is 0 Å². The predicted octanol–water partition coefficient (Wildman–Crippen LogP) is 0.00130. The Bertz CT molecular complexity index is 1060. The van der Waals surface area contributed by atoms with Crippen molar-refractivity contribution in [3.63, 3.8) is 0 Å². The lowest BCUT2D eigenvalue weighted by Gasteiger charge is -2.16. The van der Waals surface area contributed by atoms with Gasteiger partial charge in [-0.25, -0.2) is 4.79 Å². The largest absolute Gasteiger partial charge is 0.459 e. The SMILES string of the molecule is CC(=O)CCC(=O)OC1C[C@H](n2cc(C#CCNC(=O)CCC(C)C)c(=O)[nH]c2=O)O[C@@H]1CO. The maximum absolute atomic E-state index is 12.3. The van der Waals surface area contributed by atoms with Crippen molar-refractivity contribution in [3.8, 4) is 11.8 Å². The molecular formula is C23H31N3O8. The van der Waals surface area contributed by atoms with Crippen molar-refractivity contribution in [2.45, 2.75) is 71.3 Å². The first-order valence-electron chi connectivity index (χ1n) is 11.2. The molecule has 1 aromatic heterocycles. The van der Waals surface area contributed by atoms with Gasteiger partial charge in [0.1, 0.15) is 29.8 Å². The van der Waals surface area contributed by atoms with Crippen molar-refractivity contribution in [2.75, 3.05) is 13.2 Å². The summed E-state index contributed by atoms with van der Waals surface area (Å²) in [6.45, 7) is 4.99. The monoisotopic (exact) mass is 477 g/mol. The van der Waals surface area contributed by atoms with E-state index >= 15 is 0 Å². The van der Waals surface area contributed by atoms with Crippen molar-refractivity contribution in [2.24, 2.45) is 5.92 Å². The number of nitrogens with one attached hydrogen (secondary N) is 2. The quantitative estimate of drug-likeness (QED) is 0.314. The molecule has 3 atom stereocenters. The smallest absolute Gasteiger partial charge is 0.330 e. The van der Waals surface area contributed by atoms with E-state index in [0.29, 0.717) is 12.3 Å². The highest BCUT2D eigenvalue weighted by Crippen LogP contribution is 2.30. The standard InChI is InChI=1S/C23H31N3O8/c1-14(2)6-8-19(29)24-10-4-5-16-12-26(23(32)25-22(16)31)20-11-17(18(13-27)33-20)34-21(30)9-7-15(3)28/h12,14,17-18,20,27H,6-11,13H2,1-3H3,(H,24,29)(H,25,31,32)/t17?,18-,20-/m1/s1. The molecule has 34 heavy (non-hydrogen) atoms. The molecule has 2 rings (SSSR count). The molecular weight excluding hydrogens is 446 g/mol. The third-order valence-electron chi connectivity index (χ3n) is 5.15. The van der Waals surface area contributed by atoms with Gasteiger partial charge >= 0.3 is 11.7 Å². The van der Waals surface area contributed by atoms with Crippen LogP contribution in [0, 0.1) is 17.8 Å². The Labute approximate surface area is 196 Å². The summed E-state index contributed by atoms with van der Waals surface area (Å²) in [6, 6.07) is 0. The second-order valence-corrected chi connectivity index (χ2v) is 8.50. The molecule has 0 spiro atoms. The van der Waals surface area contributed by atoms with Gasteiger partial charge in [0.25, 0.3) is 5.56 Å². The zero-order valence-electron chi connectivity index (χ0n) is 19.6. The number of ether oxygens (including phenoxy) is 2. The molecule has 11 heteroatoms.